The van der Waals surface area contributed by atoms with Crippen molar-refractivity contribution in [1.29, 1.82) is 0 Å². The lowest BCUT2D eigenvalue weighted by atomic mass is 10.3. The quantitative estimate of drug-likeness (QED) is 0.756. The van der Waals surface area contributed by atoms with Gasteiger partial charge in [0.1, 0.15) is 13.2 Å². The fourth-order valence-electron chi connectivity index (χ4n) is 1.84. The molecule has 1 aromatic rings. The van der Waals surface area contributed by atoms with Crippen LogP contribution in [0.2, 0.25) is 5.02 Å². The molecule has 1 aliphatic rings. The summed E-state index contributed by atoms with van der Waals surface area (Å²) in [5, 5.41) is 0.456. The third-order valence-corrected chi connectivity index (χ3v) is 4.68. The van der Waals surface area contributed by atoms with Crippen molar-refractivity contribution in [2.75, 3.05) is 25.6 Å². The van der Waals surface area contributed by atoms with Crippen molar-refractivity contribution in [1.82, 2.24) is 0 Å². The van der Waals surface area contributed by atoms with Gasteiger partial charge in [-0.15, -0.1) is 0 Å². The number of ether oxygens (including phenoxy) is 3. The first-order valence-electron chi connectivity index (χ1n) is 6.67. The summed E-state index contributed by atoms with van der Waals surface area (Å²) in [4.78, 5) is 0.598. The van der Waals surface area contributed by atoms with Crippen molar-refractivity contribution >= 4 is 22.4 Å². The Morgan fingerprint density at radius 2 is 1.95 bits per heavy atom. The van der Waals surface area contributed by atoms with Crippen LogP contribution in [0, 0.1) is 0 Å². The van der Waals surface area contributed by atoms with Crippen molar-refractivity contribution < 1.29 is 18.4 Å². The molecule has 4 nitrogen and oxygen atoms in total. The largest absolute Gasteiger partial charge is 0.486 e. The highest BCUT2D eigenvalue weighted by atomic mass is 35.5. The van der Waals surface area contributed by atoms with Crippen LogP contribution < -0.4 is 9.47 Å². The van der Waals surface area contributed by atoms with Crippen LogP contribution in [0.1, 0.15) is 20.3 Å². The molecule has 6 heteroatoms. The van der Waals surface area contributed by atoms with Crippen LogP contribution in [-0.4, -0.2) is 35.9 Å². The third-order valence-electron chi connectivity index (χ3n) is 2.77. The summed E-state index contributed by atoms with van der Waals surface area (Å²) in [5.41, 5.74) is 0. The van der Waals surface area contributed by atoms with Gasteiger partial charge >= 0.3 is 0 Å². The van der Waals surface area contributed by atoms with E-state index < -0.39 is 10.8 Å². The summed E-state index contributed by atoms with van der Waals surface area (Å²) < 4.78 is 28.6. The van der Waals surface area contributed by atoms with Crippen LogP contribution in [0.15, 0.2) is 17.0 Å². The maximum atomic E-state index is 12.3. The molecule has 0 bridgehead atoms. The highest BCUT2D eigenvalue weighted by Crippen LogP contribution is 2.36. The highest BCUT2D eigenvalue weighted by molar-refractivity contribution is 7.85. The summed E-state index contributed by atoms with van der Waals surface area (Å²) in [6.45, 7) is 5.58. The molecule has 1 unspecified atom stereocenters. The van der Waals surface area contributed by atoms with E-state index in [0.29, 0.717) is 47.0 Å². The van der Waals surface area contributed by atoms with Gasteiger partial charge in [-0.05, 0) is 20.3 Å². The molecule has 0 radical (unpaired) electrons. The van der Waals surface area contributed by atoms with Gasteiger partial charge < -0.3 is 14.2 Å². The van der Waals surface area contributed by atoms with Crippen LogP contribution in [0.25, 0.3) is 0 Å². The van der Waals surface area contributed by atoms with Crippen molar-refractivity contribution in [3.63, 3.8) is 0 Å². The van der Waals surface area contributed by atoms with Crippen molar-refractivity contribution in [2.45, 2.75) is 31.3 Å². The van der Waals surface area contributed by atoms with Crippen LogP contribution in [-0.2, 0) is 15.5 Å². The fraction of sp³-hybridized carbons (Fsp3) is 0.571. The van der Waals surface area contributed by atoms with E-state index in [1.54, 1.807) is 12.1 Å². The Hall–Kier alpha value is -0.780. The van der Waals surface area contributed by atoms with Gasteiger partial charge in [-0.1, -0.05) is 11.6 Å². The van der Waals surface area contributed by atoms with Crippen molar-refractivity contribution in [3.8, 4) is 11.5 Å². The highest BCUT2D eigenvalue weighted by Gasteiger charge is 2.18. The molecule has 1 atom stereocenters. The molecular formula is C14H19ClO4S. The molecule has 0 aromatic heterocycles. The SMILES string of the molecule is CC(C)OCCCS(=O)c1cc2c(cc1Cl)OCCO2. The number of hydrogen-bond acceptors (Lipinski definition) is 4. The topological polar surface area (TPSA) is 44.8 Å². The molecular weight excluding hydrogens is 300 g/mol. The molecule has 0 saturated carbocycles. The van der Waals surface area contributed by atoms with Crippen LogP contribution in [0.4, 0.5) is 0 Å². The second kappa shape index (κ2) is 7.29. The van der Waals surface area contributed by atoms with E-state index in [2.05, 4.69) is 0 Å². The van der Waals surface area contributed by atoms with Gasteiger partial charge in [-0.25, -0.2) is 0 Å². The molecule has 112 valence electrons. The van der Waals surface area contributed by atoms with Gasteiger partial charge in [0.05, 0.1) is 26.8 Å². The predicted molar refractivity (Wildman–Crippen MR) is 79.4 cm³/mol. The lowest BCUT2D eigenvalue weighted by molar-refractivity contribution is 0.0798. The van der Waals surface area contributed by atoms with Gasteiger partial charge in [0.2, 0.25) is 0 Å². The average Bonchev–Trinajstić information content (AvgIpc) is 2.42. The molecule has 0 N–H and O–H groups in total. The molecule has 1 aromatic carbocycles. The van der Waals surface area contributed by atoms with Crippen molar-refractivity contribution in [2.24, 2.45) is 0 Å². The standard InChI is InChI=1S/C14H19ClO4S/c1-10(2)17-4-3-7-20(16)14-9-13-12(8-11(14)15)18-5-6-19-13/h8-10H,3-7H2,1-2H3. The molecule has 1 heterocycles. The van der Waals surface area contributed by atoms with Crippen LogP contribution >= 0.6 is 11.6 Å². The Morgan fingerprint density at radius 3 is 2.60 bits per heavy atom. The van der Waals surface area contributed by atoms with Gasteiger partial charge in [0, 0.05) is 24.5 Å². The Bertz CT molecular complexity index is 490. The Labute approximate surface area is 126 Å². The minimum Gasteiger partial charge on any atom is -0.486 e. The smallest absolute Gasteiger partial charge is 0.162 e. The zero-order valence-corrected chi connectivity index (χ0v) is 13.3. The number of rotatable bonds is 6. The summed E-state index contributed by atoms with van der Waals surface area (Å²) in [6.07, 6.45) is 0.927. The summed E-state index contributed by atoms with van der Waals surface area (Å²) in [6, 6.07) is 3.39. The van der Waals surface area contributed by atoms with E-state index in [-0.39, 0.29) is 6.10 Å². The Morgan fingerprint density at radius 1 is 1.30 bits per heavy atom. The lowest BCUT2D eigenvalue weighted by Gasteiger charge is -2.19. The van der Waals surface area contributed by atoms with E-state index in [9.17, 15) is 4.21 Å². The molecule has 0 aliphatic carbocycles. The number of benzene rings is 1. The van der Waals surface area contributed by atoms with E-state index in [1.165, 1.54) is 0 Å². The molecule has 1 aliphatic heterocycles. The summed E-state index contributed by atoms with van der Waals surface area (Å²) in [7, 11) is -1.16. The third kappa shape index (κ3) is 4.11. The number of hydrogen-bond donors (Lipinski definition) is 0. The molecule has 0 fully saturated rings. The Kier molecular flexibility index (Phi) is 5.69. The molecule has 0 saturated heterocycles. The first-order chi connectivity index (χ1) is 9.58. The average molecular weight is 319 g/mol. The predicted octanol–water partition coefficient (Wildman–Crippen LogP) is 3.03. The Balaban J connectivity index is 1.99. The molecule has 20 heavy (non-hydrogen) atoms. The summed E-state index contributed by atoms with van der Waals surface area (Å²) in [5.74, 6) is 1.75. The maximum Gasteiger partial charge on any atom is 0.162 e. The van der Waals surface area contributed by atoms with Crippen LogP contribution in [0.3, 0.4) is 0 Å². The maximum absolute atomic E-state index is 12.3. The van der Waals surface area contributed by atoms with Gasteiger partial charge in [-0.3, -0.25) is 4.21 Å². The lowest BCUT2D eigenvalue weighted by Crippen LogP contribution is -2.16. The minimum atomic E-state index is -1.16. The first kappa shape index (κ1) is 15.6. The molecule has 2 rings (SSSR count). The van der Waals surface area contributed by atoms with Gasteiger partial charge in [0.25, 0.3) is 0 Å². The van der Waals surface area contributed by atoms with Crippen LogP contribution in [0.5, 0.6) is 11.5 Å². The number of halogens is 1. The molecule has 0 spiro atoms. The fourth-order valence-corrected chi connectivity index (χ4v) is 3.37. The van der Waals surface area contributed by atoms with E-state index in [4.69, 9.17) is 25.8 Å². The van der Waals surface area contributed by atoms with E-state index in [1.807, 2.05) is 13.8 Å². The zero-order chi connectivity index (χ0) is 14.5. The minimum absolute atomic E-state index is 0.196. The monoisotopic (exact) mass is 318 g/mol. The number of fused-ring (bicyclic) bond motifs is 1. The first-order valence-corrected chi connectivity index (χ1v) is 8.36. The zero-order valence-electron chi connectivity index (χ0n) is 11.7. The van der Waals surface area contributed by atoms with E-state index >= 15 is 0 Å². The van der Waals surface area contributed by atoms with Gasteiger partial charge in [0.15, 0.2) is 11.5 Å². The summed E-state index contributed by atoms with van der Waals surface area (Å²) >= 11 is 6.16. The van der Waals surface area contributed by atoms with Crippen molar-refractivity contribution in [3.05, 3.63) is 17.2 Å². The van der Waals surface area contributed by atoms with Gasteiger partial charge in [-0.2, -0.15) is 0 Å². The second-order valence-electron chi connectivity index (χ2n) is 4.75. The second-order valence-corrected chi connectivity index (χ2v) is 6.70. The van der Waals surface area contributed by atoms with E-state index in [0.717, 1.165) is 6.42 Å². The molecule has 0 amide bonds. The normalized spacial score (nSPS) is 15.4.